The van der Waals surface area contributed by atoms with Gasteiger partial charge in [0.1, 0.15) is 17.2 Å². The molecular formula is C15H15ClN4. The lowest BCUT2D eigenvalue weighted by Gasteiger charge is -2.12. The van der Waals surface area contributed by atoms with E-state index in [-0.39, 0.29) is 0 Å². The Morgan fingerprint density at radius 1 is 1.20 bits per heavy atom. The Kier molecular flexibility index (Phi) is 3.03. The summed E-state index contributed by atoms with van der Waals surface area (Å²) in [5, 5.41) is 0.674. The molecule has 0 spiro atoms. The Labute approximate surface area is 122 Å². The highest BCUT2D eigenvalue weighted by Gasteiger charge is 2.12. The molecule has 20 heavy (non-hydrogen) atoms. The predicted molar refractivity (Wildman–Crippen MR) is 84.4 cm³/mol. The summed E-state index contributed by atoms with van der Waals surface area (Å²) in [5.74, 6) is 0.617. The molecule has 2 aromatic heterocycles. The van der Waals surface area contributed by atoms with Crippen LogP contribution >= 0.6 is 11.6 Å². The smallest absolute Gasteiger partial charge is 0.139 e. The van der Waals surface area contributed by atoms with Gasteiger partial charge in [-0.2, -0.15) is 0 Å². The number of nitrogens with two attached hydrogens (primary N) is 1. The molecule has 0 amide bonds. The number of rotatable bonds is 2. The number of nitrogen functional groups attached to an aromatic ring is 1. The fourth-order valence-electron chi connectivity index (χ4n) is 2.16. The second-order valence-corrected chi connectivity index (χ2v) is 5.30. The van der Waals surface area contributed by atoms with E-state index in [1.165, 1.54) is 0 Å². The largest absolute Gasteiger partial charge is 0.383 e. The van der Waals surface area contributed by atoms with Crippen LogP contribution in [0.3, 0.4) is 0 Å². The summed E-state index contributed by atoms with van der Waals surface area (Å²) in [4.78, 5) is 6.61. The van der Waals surface area contributed by atoms with Gasteiger partial charge in [-0.05, 0) is 24.3 Å². The summed E-state index contributed by atoms with van der Waals surface area (Å²) in [5.41, 5.74) is 9.79. The zero-order valence-electron chi connectivity index (χ0n) is 11.3. The van der Waals surface area contributed by atoms with Gasteiger partial charge in [-0.25, -0.2) is 4.98 Å². The van der Waals surface area contributed by atoms with Crippen molar-refractivity contribution in [3.05, 3.63) is 47.6 Å². The molecule has 4 nitrogen and oxygen atoms in total. The van der Waals surface area contributed by atoms with Crippen molar-refractivity contribution in [3.8, 4) is 11.3 Å². The summed E-state index contributed by atoms with van der Waals surface area (Å²) >= 11 is 6.03. The molecule has 0 saturated heterocycles. The summed E-state index contributed by atoms with van der Waals surface area (Å²) in [6.45, 7) is 0. The predicted octanol–water partition coefficient (Wildman–Crippen LogP) is 3.30. The maximum atomic E-state index is 6.23. The average molecular weight is 287 g/mol. The van der Waals surface area contributed by atoms with E-state index in [9.17, 15) is 0 Å². The normalized spacial score (nSPS) is 10.9. The number of halogens is 1. The Bertz CT molecular complexity index is 777. The summed E-state index contributed by atoms with van der Waals surface area (Å²) in [7, 11) is 3.98. The monoisotopic (exact) mass is 286 g/mol. The standard InChI is InChI=1S/C15H15ClN4/c1-19(2)12-6-7-13-18-14(15(17)20(13)9-12)10-4-3-5-11(16)8-10/h3-9H,17H2,1-2H3. The quantitative estimate of drug-likeness (QED) is 0.786. The van der Waals surface area contributed by atoms with Crippen LogP contribution < -0.4 is 10.6 Å². The van der Waals surface area contributed by atoms with E-state index in [1.54, 1.807) is 0 Å². The van der Waals surface area contributed by atoms with Crippen molar-refractivity contribution in [1.29, 1.82) is 0 Å². The number of imidazole rings is 1. The van der Waals surface area contributed by atoms with Crippen LogP contribution in [0.25, 0.3) is 16.9 Å². The first-order valence-corrected chi connectivity index (χ1v) is 6.65. The molecule has 1 aromatic carbocycles. The third-order valence-electron chi connectivity index (χ3n) is 3.25. The van der Waals surface area contributed by atoms with Gasteiger partial charge >= 0.3 is 0 Å². The van der Waals surface area contributed by atoms with Crippen molar-refractivity contribution in [1.82, 2.24) is 9.38 Å². The molecule has 102 valence electrons. The number of benzene rings is 1. The van der Waals surface area contributed by atoms with Gasteiger partial charge in [0.25, 0.3) is 0 Å². The molecule has 0 aliphatic heterocycles. The summed E-state index contributed by atoms with van der Waals surface area (Å²) < 4.78 is 1.89. The van der Waals surface area contributed by atoms with Crippen LogP contribution in [-0.4, -0.2) is 23.5 Å². The lowest BCUT2D eigenvalue weighted by molar-refractivity contribution is 1.09. The minimum Gasteiger partial charge on any atom is -0.383 e. The molecule has 2 N–H and O–H groups in total. The lowest BCUT2D eigenvalue weighted by Crippen LogP contribution is -2.09. The Morgan fingerprint density at radius 2 is 2.00 bits per heavy atom. The molecule has 0 radical (unpaired) electrons. The topological polar surface area (TPSA) is 46.6 Å². The molecule has 0 bridgehead atoms. The highest BCUT2D eigenvalue weighted by molar-refractivity contribution is 6.30. The van der Waals surface area contributed by atoms with E-state index < -0.39 is 0 Å². The second-order valence-electron chi connectivity index (χ2n) is 4.87. The first-order chi connectivity index (χ1) is 9.56. The van der Waals surface area contributed by atoms with E-state index >= 15 is 0 Å². The molecule has 3 rings (SSSR count). The third kappa shape index (κ3) is 2.08. The van der Waals surface area contributed by atoms with E-state index in [0.29, 0.717) is 10.8 Å². The molecule has 3 aromatic rings. The first-order valence-electron chi connectivity index (χ1n) is 6.27. The summed E-state index contributed by atoms with van der Waals surface area (Å²) in [6, 6.07) is 11.5. The highest BCUT2D eigenvalue weighted by Crippen LogP contribution is 2.29. The minimum absolute atomic E-state index is 0.617. The minimum atomic E-state index is 0.617. The molecule has 0 atom stereocenters. The van der Waals surface area contributed by atoms with Gasteiger partial charge in [0.2, 0.25) is 0 Å². The SMILES string of the molecule is CN(C)c1ccc2nc(-c3cccc(Cl)c3)c(N)n2c1. The number of pyridine rings is 1. The van der Waals surface area contributed by atoms with Crippen molar-refractivity contribution in [2.75, 3.05) is 24.7 Å². The molecule has 0 saturated carbocycles. The molecule has 0 aliphatic rings. The molecule has 0 fully saturated rings. The van der Waals surface area contributed by atoms with Crippen molar-refractivity contribution < 1.29 is 0 Å². The van der Waals surface area contributed by atoms with Crippen LogP contribution in [0.1, 0.15) is 0 Å². The van der Waals surface area contributed by atoms with E-state index in [0.717, 1.165) is 22.6 Å². The molecular weight excluding hydrogens is 272 g/mol. The lowest BCUT2D eigenvalue weighted by atomic mass is 10.1. The summed E-state index contributed by atoms with van der Waals surface area (Å²) in [6.07, 6.45) is 1.98. The van der Waals surface area contributed by atoms with Gasteiger partial charge < -0.3 is 10.6 Å². The van der Waals surface area contributed by atoms with E-state index in [4.69, 9.17) is 17.3 Å². The van der Waals surface area contributed by atoms with Gasteiger partial charge in [-0.1, -0.05) is 23.7 Å². The number of fused-ring (bicyclic) bond motifs is 1. The third-order valence-corrected chi connectivity index (χ3v) is 3.49. The van der Waals surface area contributed by atoms with Crippen LogP contribution in [0, 0.1) is 0 Å². The van der Waals surface area contributed by atoms with Crippen LogP contribution in [0.5, 0.6) is 0 Å². The number of aromatic nitrogens is 2. The number of hydrogen-bond donors (Lipinski definition) is 1. The van der Waals surface area contributed by atoms with Crippen molar-refractivity contribution in [2.45, 2.75) is 0 Å². The van der Waals surface area contributed by atoms with Gasteiger partial charge in [0.05, 0.1) is 5.69 Å². The first kappa shape index (κ1) is 12.8. The Hall–Kier alpha value is -2.20. The van der Waals surface area contributed by atoms with Crippen molar-refractivity contribution in [3.63, 3.8) is 0 Å². The highest BCUT2D eigenvalue weighted by atomic mass is 35.5. The molecule has 0 aliphatic carbocycles. The molecule has 0 unspecified atom stereocenters. The molecule has 5 heteroatoms. The van der Waals surface area contributed by atoms with Crippen molar-refractivity contribution >= 4 is 28.8 Å². The number of anilines is 2. The van der Waals surface area contributed by atoms with E-state index in [1.807, 2.05) is 66.0 Å². The number of hydrogen-bond acceptors (Lipinski definition) is 3. The zero-order valence-corrected chi connectivity index (χ0v) is 12.1. The second kappa shape index (κ2) is 4.72. The maximum absolute atomic E-state index is 6.23. The number of nitrogens with zero attached hydrogens (tertiary/aromatic N) is 3. The van der Waals surface area contributed by atoms with Gasteiger partial charge in [0.15, 0.2) is 0 Å². The fraction of sp³-hybridized carbons (Fsp3) is 0.133. The van der Waals surface area contributed by atoms with Crippen LogP contribution in [0.15, 0.2) is 42.6 Å². The average Bonchev–Trinajstić information content (AvgIpc) is 2.76. The van der Waals surface area contributed by atoms with Gasteiger partial charge in [-0.3, -0.25) is 4.40 Å². The van der Waals surface area contributed by atoms with Crippen LogP contribution in [0.4, 0.5) is 11.5 Å². The van der Waals surface area contributed by atoms with E-state index in [2.05, 4.69) is 4.98 Å². The zero-order chi connectivity index (χ0) is 14.3. The fourth-order valence-corrected chi connectivity index (χ4v) is 2.35. The molecule has 2 heterocycles. The van der Waals surface area contributed by atoms with Gasteiger partial charge in [0, 0.05) is 30.9 Å². The van der Waals surface area contributed by atoms with Crippen molar-refractivity contribution in [2.24, 2.45) is 0 Å². The maximum Gasteiger partial charge on any atom is 0.139 e. The Morgan fingerprint density at radius 3 is 2.70 bits per heavy atom. The Balaban J connectivity index is 2.20. The van der Waals surface area contributed by atoms with Crippen LogP contribution in [0.2, 0.25) is 5.02 Å². The van der Waals surface area contributed by atoms with Crippen LogP contribution in [-0.2, 0) is 0 Å². The van der Waals surface area contributed by atoms with Gasteiger partial charge in [-0.15, -0.1) is 0 Å².